The minimum atomic E-state index is -1.58. The van der Waals surface area contributed by atoms with Crippen LogP contribution in [0.25, 0.3) is 0 Å². The Morgan fingerprint density at radius 1 is 1.56 bits per heavy atom. The Hall–Kier alpha value is -2.15. The molecule has 7 heteroatoms. The van der Waals surface area contributed by atoms with Crippen LogP contribution in [0.5, 0.6) is 0 Å². The molecule has 0 aromatic rings. The van der Waals surface area contributed by atoms with Crippen LogP contribution in [-0.2, 0) is 28.6 Å². The maximum absolute atomic E-state index is 11.3. The van der Waals surface area contributed by atoms with Gasteiger partial charge in [0.15, 0.2) is 6.10 Å². The van der Waals surface area contributed by atoms with E-state index < -0.39 is 30.3 Å². The molecule has 0 aromatic heterocycles. The van der Waals surface area contributed by atoms with Crippen molar-refractivity contribution in [3.63, 3.8) is 0 Å². The first-order chi connectivity index (χ1) is 8.36. The molecule has 0 spiro atoms. The Labute approximate surface area is 103 Å². The van der Waals surface area contributed by atoms with Crippen LogP contribution in [-0.4, -0.2) is 42.5 Å². The van der Waals surface area contributed by atoms with Gasteiger partial charge < -0.3 is 19.3 Å². The molecule has 2 unspecified atom stereocenters. The van der Waals surface area contributed by atoms with Gasteiger partial charge in [0.05, 0.1) is 12.7 Å². The van der Waals surface area contributed by atoms with Crippen molar-refractivity contribution in [3.05, 3.63) is 23.8 Å². The van der Waals surface area contributed by atoms with Gasteiger partial charge in [-0.1, -0.05) is 6.58 Å². The summed E-state index contributed by atoms with van der Waals surface area (Å²) in [6.45, 7) is 4.53. The van der Waals surface area contributed by atoms with Crippen LogP contribution in [0.3, 0.4) is 0 Å². The summed E-state index contributed by atoms with van der Waals surface area (Å²) >= 11 is 0. The lowest BCUT2D eigenvalue weighted by atomic mass is 10.0. The first-order valence-electron chi connectivity index (χ1n) is 4.91. The minimum Gasteiger partial charge on any atom is -0.466 e. The molecule has 0 bridgehead atoms. The second-order valence-corrected chi connectivity index (χ2v) is 3.44. The highest BCUT2D eigenvalue weighted by Gasteiger charge is 2.36. The van der Waals surface area contributed by atoms with Crippen LogP contribution in [0.2, 0.25) is 0 Å². The summed E-state index contributed by atoms with van der Waals surface area (Å²) in [5.74, 6) is -2.33. The molecule has 1 aliphatic rings. The van der Waals surface area contributed by atoms with Gasteiger partial charge in [0.25, 0.3) is 0 Å². The number of methoxy groups -OCH3 is 1. The zero-order valence-electron chi connectivity index (χ0n) is 9.84. The number of hydrogen-bond acceptors (Lipinski definition) is 7. The van der Waals surface area contributed by atoms with Crippen molar-refractivity contribution < 1.29 is 33.7 Å². The van der Waals surface area contributed by atoms with Crippen LogP contribution in [0.4, 0.5) is 0 Å². The van der Waals surface area contributed by atoms with Gasteiger partial charge in [-0.25, -0.2) is 9.59 Å². The third-order valence-electron chi connectivity index (χ3n) is 2.15. The van der Waals surface area contributed by atoms with Crippen LogP contribution in [0, 0.1) is 0 Å². The molecule has 98 valence electrons. The second-order valence-electron chi connectivity index (χ2n) is 3.44. The molecule has 0 fully saturated rings. The van der Waals surface area contributed by atoms with E-state index in [2.05, 4.69) is 16.1 Å². The molecule has 2 atom stereocenters. The Bertz CT molecular complexity index is 435. The van der Waals surface area contributed by atoms with Crippen molar-refractivity contribution in [2.75, 3.05) is 7.11 Å². The van der Waals surface area contributed by atoms with Gasteiger partial charge in [-0.05, 0) is 0 Å². The average Bonchev–Trinajstić information content (AvgIpc) is 2.63. The van der Waals surface area contributed by atoms with Crippen molar-refractivity contribution >= 4 is 17.9 Å². The van der Waals surface area contributed by atoms with E-state index in [1.165, 1.54) is 0 Å². The topological polar surface area (TPSA) is 99.1 Å². The van der Waals surface area contributed by atoms with Gasteiger partial charge >= 0.3 is 17.9 Å². The Morgan fingerprint density at radius 3 is 2.56 bits per heavy atom. The molecule has 0 amide bonds. The molecule has 1 N–H and O–H groups in total. The summed E-state index contributed by atoms with van der Waals surface area (Å²) in [6.07, 6.45) is -1.94. The number of carbonyl (C=O) groups excluding carboxylic acids is 3. The molecule has 1 aliphatic heterocycles. The highest BCUT2D eigenvalue weighted by Crippen LogP contribution is 2.24. The lowest BCUT2D eigenvalue weighted by Gasteiger charge is -2.20. The van der Waals surface area contributed by atoms with Crippen LogP contribution >= 0.6 is 0 Å². The van der Waals surface area contributed by atoms with Crippen LogP contribution in [0.1, 0.15) is 6.92 Å². The molecule has 18 heavy (non-hydrogen) atoms. The fourth-order valence-corrected chi connectivity index (χ4v) is 1.37. The van der Waals surface area contributed by atoms with Crippen molar-refractivity contribution in [2.45, 2.75) is 19.3 Å². The Kier molecular flexibility index (Phi) is 4.22. The smallest absolute Gasteiger partial charge is 0.337 e. The highest BCUT2D eigenvalue weighted by molar-refractivity contribution is 5.92. The third-order valence-corrected chi connectivity index (χ3v) is 2.15. The Morgan fingerprint density at radius 2 is 2.17 bits per heavy atom. The first kappa shape index (κ1) is 13.9. The lowest BCUT2D eigenvalue weighted by Crippen LogP contribution is -2.30. The van der Waals surface area contributed by atoms with Crippen molar-refractivity contribution in [3.8, 4) is 0 Å². The van der Waals surface area contributed by atoms with Gasteiger partial charge in [-0.3, -0.25) is 4.79 Å². The van der Waals surface area contributed by atoms with E-state index in [0.717, 1.165) is 20.1 Å². The van der Waals surface area contributed by atoms with E-state index in [0.29, 0.717) is 0 Å². The number of rotatable bonds is 4. The van der Waals surface area contributed by atoms with Crippen LogP contribution < -0.4 is 0 Å². The van der Waals surface area contributed by atoms with E-state index in [1.807, 2.05) is 0 Å². The number of aliphatic hydroxyl groups excluding tert-OH is 1. The predicted molar refractivity (Wildman–Crippen MR) is 56.9 cm³/mol. The SMILES string of the molecule is C=C(C(=O)OC)C(OC(C)=O)C1=CC(=O)OC1O. The number of carbonyl (C=O) groups is 3. The molecule has 0 aliphatic carbocycles. The quantitative estimate of drug-likeness (QED) is 0.409. The lowest BCUT2D eigenvalue weighted by molar-refractivity contribution is -0.153. The summed E-state index contributed by atoms with van der Waals surface area (Å²) in [4.78, 5) is 33.3. The third kappa shape index (κ3) is 2.95. The summed E-state index contributed by atoms with van der Waals surface area (Å²) in [5.41, 5.74) is -0.304. The predicted octanol–water partition coefficient (Wildman–Crippen LogP) is -0.551. The van der Waals surface area contributed by atoms with Gasteiger partial charge in [-0.15, -0.1) is 0 Å². The fraction of sp³-hybridized carbons (Fsp3) is 0.364. The van der Waals surface area contributed by atoms with Crippen molar-refractivity contribution in [1.29, 1.82) is 0 Å². The maximum atomic E-state index is 11.3. The molecular weight excluding hydrogens is 244 g/mol. The second kappa shape index (κ2) is 5.46. The molecule has 7 nitrogen and oxygen atoms in total. The number of aliphatic hydroxyl groups is 1. The minimum absolute atomic E-state index is 0.0781. The van der Waals surface area contributed by atoms with E-state index in [1.54, 1.807) is 0 Å². The molecule has 1 rings (SSSR count). The van der Waals surface area contributed by atoms with Crippen molar-refractivity contribution in [1.82, 2.24) is 0 Å². The molecule has 0 saturated heterocycles. The van der Waals surface area contributed by atoms with Gasteiger partial charge in [0.1, 0.15) is 0 Å². The van der Waals surface area contributed by atoms with E-state index in [9.17, 15) is 19.5 Å². The monoisotopic (exact) mass is 256 g/mol. The standard InChI is InChI=1S/C11H12O7/c1-5(10(14)16-3)9(17-6(2)12)7-4-8(13)18-11(7)15/h4,9,11,15H,1H2,2-3H3. The molecule has 0 aromatic carbocycles. The summed E-state index contributed by atoms with van der Waals surface area (Å²) in [5, 5.41) is 9.45. The fourth-order valence-electron chi connectivity index (χ4n) is 1.37. The van der Waals surface area contributed by atoms with E-state index in [4.69, 9.17) is 4.74 Å². The van der Waals surface area contributed by atoms with Crippen LogP contribution in [0.15, 0.2) is 23.8 Å². The first-order valence-corrected chi connectivity index (χ1v) is 4.91. The van der Waals surface area contributed by atoms with Gasteiger partial charge in [0.2, 0.25) is 6.29 Å². The zero-order chi connectivity index (χ0) is 13.9. The zero-order valence-corrected chi connectivity index (χ0v) is 9.84. The summed E-state index contributed by atoms with van der Waals surface area (Å²) < 4.78 is 13.7. The number of ether oxygens (including phenoxy) is 3. The van der Waals surface area contributed by atoms with E-state index in [-0.39, 0.29) is 11.1 Å². The number of esters is 3. The maximum Gasteiger partial charge on any atom is 0.337 e. The van der Waals surface area contributed by atoms with E-state index >= 15 is 0 Å². The number of cyclic esters (lactones) is 1. The molecule has 0 radical (unpaired) electrons. The van der Waals surface area contributed by atoms with Crippen molar-refractivity contribution in [2.24, 2.45) is 0 Å². The normalized spacial score (nSPS) is 19.6. The highest BCUT2D eigenvalue weighted by atomic mass is 16.6. The molecule has 0 saturated carbocycles. The van der Waals surface area contributed by atoms with Gasteiger partial charge in [0, 0.05) is 18.6 Å². The average molecular weight is 256 g/mol. The molecular formula is C11H12O7. The Balaban J connectivity index is 3.02. The summed E-state index contributed by atoms with van der Waals surface area (Å²) in [6, 6.07) is 0. The largest absolute Gasteiger partial charge is 0.466 e. The van der Waals surface area contributed by atoms with Gasteiger partial charge in [-0.2, -0.15) is 0 Å². The number of hydrogen-bond donors (Lipinski definition) is 1. The molecule has 1 heterocycles. The summed E-state index contributed by atoms with van der Waals surface area (Å²) in [7, 11) is 1.12.